The third-order valence-electron chi connectivity index (χ3n) is 3.14. The van der Waals surface area contributed by atoms with E-state index in [2.05, 4.69) is 4.99 Å². The van der Waals surface area contributed by atoms with Crippen molar-refractivity contribution in [1.29, 1.82) is 0 Å². The zero-order valence-electron chi connectivity index (χ0n) is 10.5. The molecule has 0 amide bonds. The van der Waals surface area contributed by atoms with Crippen LogP contribution in [0.5, 0.6) is 0 Å². The fraction of sp³-hybridized carbons (Fsp3) is 0.833. The molecule has 0 aromatic carbocycles. The predicted molar refractivity (Wildman–Crippen MR) is 64.6 cm³/mol. The highest BCUT2D eigenvalue weighted by atomic mass is 16.5. The van der Waals surface area contributed by atoms with Crippen LogP contribution >= 0.6 is 0 Å². The SMILES string of the molecule is CCOC(=O)C1CCCCC1N(C)C=NC. The molecule has 1 fully saturated rings. The predicted octanol–water partition coefficient (Wildman–Crippen LogP) is 1.70. The highest BCUT2D eigenvalue weighted by Crippen LogP contribution is 2.28. The minimum atomic E-state index is -0.0523. The molecule has 0 saturated heterocycles. The molecule has 0 radical (unpaired) electrons. The van der Waals surface area contributed by atoms with Crippen molar-refractivity contribution < 1.29 is 9.53 Å². The van der Waals surface area contributed by atoms with Crippen LogP contribution in [-0.4, -0.2) is 44.0 Å². The van der Waals surface area contributed by atoms with Gasteiger partial charge in [0.15, 0.2) is 0 Å². The zero-order valence-corrected chi connectivity index (χ0v) is 10.5. The minimum Gasteiger partial charge on any atom is -0.466 e. The number of carbonyl (C=O) groups is 1. The van der Waals surface area contributed by atoms with Gasteiger partial charge >= 0.3 is 5.97 Å². The van der Waals surface area contributed by atoms with Crippen LogP contribution in [0, 0.1) is 5.92 Å². The average molecular weight is 226 g/mol. The third-order valence-corrected chi connectivity index (χ3v) is 3.14. The topological polar surface area (TPSA) is 41.9 Å². The van der Waals surface area contributed by atoms with Gasteiger partial charge in [0.2, 0.25) is 0 Å². The van der Waals surface area contributed by atoms with Crippen molar-refractivity contribution in [3.63, 3.8) is 0 Å². The molecule has 1 aliphatic rings. The maximum atomic E-state index is 11.8. The Morgan fingerprint density at radius 3 is 2.81 bits per heavy atom. The molecule has 4 heteroatoms. The van der Waals surface area contributed by atoms with Crippen LogP contribution in [0.3, 0.4) is 0 Å². The van der Waals surface area contributed by atoms with Gasteiger partial charge < -0.3 is 9.64 Å². The number of hydrogen-bond acceptors (Lipinski definition) is 3. The highest BCUT2D eigenvalue weighted by Gasteiger charge is 2.33. The van der Waals surface area contributed by atoms with Crippen LogP contribution in [-0.2, 0) is 9.53 Å². The summed E-state index contributed by atoms with van der Waals surface area (Å²) in [4.78, 5) is 17.9. The molecular weight excluding hydrogens is 204 g/mol. The van der Waals surface area contributed by atoms with Gasteiger partial charge in [-0.25, -0.2) is 0 Å². The molecule has 1 rings (SSSR count). The van der Waals surface area contributed by atoms with Crippen molar-refractivity contribution >= 4 is 12.3 Å². The fourth-order valence-corrected chi connectivity index (χ4v) is 2.39. The van der Waals surface area contributed by atoms with Crippen molar-refractivity contribution in [3.05, 3.63) is 0 Å². The quantitative estimate of drug-likeness (QED) is 0.416. The van der Waals surface area contributed by atoms with Crippen LogP contribution in [0.4, 0.5) is 0 Å². The van der Waals surface area contributed by atoms with Gasteiger partial charge in [-0.15, -0.1) is 0 Å². The maximum absolute atomic E-state index is 11.8. The molecule has 0 aromatic rings. The zero-order chi connectivity index (χ0) is 12.0. The Labute approximate surface area is 97.7 Å². The summed E-state index contributed by atoms with van der Waals surface area (Å²) in [6.07, 6.45) is 6.08. The molecular formula is C12H22N2O2. The Kier molecular flexibility index (Phi) is 5.29. The Morgan fingerprint density at radius 2 is 2.19 bits per heavy atom. The molecule has 0 bridgehead atoms. The number of rotatable bonds is 4. The van der Waals surface area contributed by atoms with Crippen molar-refractivity contribution in [3.8, 4) is 0 Å². The minimum absolute atomic E-state index is 0.0108. The van der Waals surface area contributed by atoms with Gasteiger partial charge in [-0.2, -0.15) is 0 Å². The van der Waals surface area contributed by atoms with Crippen LogP contribution in [0.25, 0.3) is 0 Å². The van der Waals surface area contributed by atoms with E-state index in [0.29, 0.717) is 6.61 Å². The van der Waals surface area contributed by atoms with Gasteiger partial charge in [0, 0.05) is 20.1 Å². The second-order valence-corrected chi connectivity index (χ2v) is 4.25. The molecule has 16 heavy (non-hydrogen) atoms. The normalized spacial score (nSPS) is 25.7. The van der Waals surface area contributed by atoms with E-state index < -0.39 is 0 Å². The molecule has 1 saturated carbocycles. The van der Waals surface area contributed by atoms with Crippen LogP contribution in [0.2, 0.25) is 0 Å². The van der Waals surface area contributed by atoms with E-state index in [4.69, 9.17) is 4.74 Å². The molecule has 0 aliphatic heterocycles. The molecule has 0 spiro atoms. The first-order valence-electron chi connectivity index (χ1n) is 6.01. The summed E-state index contributed by atoms with van der Waals surface area (Å²) in [5, 5.41) is 0. The summed E-state index contributed by atoms with van der Waals surface area (Å²) in [5.41, 5.74) is 0. The lowest BCUT2D eigenvalue weighted by Crippen LogP contribution is -2.43. The molecule has 2 atom stereocenters. The molecule has 1 aliphatic carbocycles. The Balaban J connectivity index is 2.66. The summed E-state index contributed by atoms with van der Waals surface area (Å²) in [6, 6.07) is 0.247. The molecule has 0 aromatic heterocycles. The largest absolute Gasteiger partial charge is 0.466 e. The van der Waals surface area contributed by atoms with Gasteiger partial charge in [0.25, 0.3) is 0 Å². The van der Waals surface area contributed by atoms with Crippen LogP contribution in [0.15, 0.2) is 4.99 Å². The summed E-state index contributed by atoms with van der Waals surface area (Å²) < 4.78 is 5.13. The summed E-state index contributed by atoms with van der Waals surface area (Å²) in [6.45, 7) is 2.32. The Hall–Kier alpha value is -1.06. The lowest BCUT2D eigenvalue weighted by molar-refractivity contribution is -0.151. The average Bonchev–Trinajstić information content (AvgIpc) is 2.30. The van der Waals surface area contributed by atoms with Gasteiger partial charge in [-0.1, -0.05) is 12.8 Å². The molecule has 0 N–H and O–H groups in total. The Morgan fingerprint density at radius 1 is 1.50 bits per heavy atom. The summed E-state index contributed by atoms with van der Waals surface area (Å²) in [7, 11) is 3.73. The van der Waals surface area contributed by atoms with Gasteiger partial charge in [-0.05, 0) is 19.8 Å². The monoisotopic (exact) mass is 226 g/mol. The van der Waals surface area contributed by atoms with Crippen LogP contribution in [0.1, 0.15) is 32.6 Å². The second-order valence-electron chi connectivity index (χ2n) is 4.25. The first kappa shape index (κ1) is 13.0. The van der Waals surface area contributed by atoms with E-state index in [9.17, 15) is 4.79 Å². The van der Waals surface area contributed by atoms with Gasteiger partial charge in [-0.3, -0.25) is 9.79 Å². The van der Waals surface area contributed by atoms with Crippen molar-refractivity contribution in [2.24, 2.45) is 10.9 Å². The van der Waals surface area contributed by atoms with E-state index >= 15 is 0 Å². The third kappa shape index (κ3) is 3.22. The van der Waals surface area contributed by atoms with Crippen molar-refractivity contribution in [1.82, 2.24) is 4.90 Å². The summed E-state index contributed by atoms with van der Waals surface area (Å²) in [5.74, 6) is -0.0414. The van der Waals surface area contributed by atoms with E-state index in [1.165, 1.54) is 6.42 Å². The highest BCUT2D eigenvalue weighted by molar-refractivity contribution is 5.74. The number of carbonyl (C=O) groups excluding carboxylic acids is 1. The van der Waals surface area contributed by atoms with E-state index in [1.807, 2.05) is 18.9 Å². The number of ether oxygens (including phenoxy) is 1. The van der Waals surface area contributed by atoms with Gasteiger partial charge in [0.1, 0.15) is 0 Å². The Bertz CT molecular complexity index is 253. The van der Waals surface area contributed by atoms with Crippen molar-refractivity contribution in [2.45, 2.75) is 38.6 Å². The number of nitrogens with zero attached hydrogens (tertiary/aromatic N) is 2. The number of aliphatic imine (C=N–C) groups is 1. The lowest BCUT2D eigenvalue weighted by atomic mass is 9.84. The molecule has 2 unspecified atom stereocenters. The van der Waals surface area contributed by atoms with E-state index in [-0.39, 0.29) is 17.9 Å². The summed E-state index contributed by atoms with van der Waals surface area (Å²) >= 11 is 0. The van der Waals surface area contributed by atoms with E-state index in [1.54, 1.807) is 13.4 Å². The van der Waals surface area contributed by atoms with Crippen LogP contribution < -0.4 is 0 Å². The number of hydrogen-bond donors (Lipinski definition) is 0. The van der Waals surface area contributed by atoms with Crippen molar-refractivity contribution in [2.75, 3.05) is 20.7 Å². The molecule has 0 heterocycles. The second kappa shape index (κ2) is 6.51. The first-order valence-corrected chi connectivity index (χ1v) is 6.01. The van der Waals surface area contributed by atoms with E-state index in [0.717, 1.165) is 19.3 Å². The van der Waals surface area contributed by atoms with Gasteiger partial charge in [0.05, 0.1) is 18.9 Å². The first-order chi connectivity index (χ1) is 7.70. The lowest BCUT2D eigenvalue weighted by Gasteiger charge is -2.35. The number of esters is 1. The molecule has 4 nitrogen and oxygen atoms in total. The maximum Gasteiger partial charge on any atom is 0.311 e. The molecule has 92 valence electrons. The fourth-order valence-electron chi connectivity index (χ4n) is 2.39. The smallest absolute Gasteiger partial charge is 0.311 e. The standard InChI is InChI=1S/C12H22N2O2/c1-4-16-12(15)10-7-5-6-8-11(10)14(3)9-13-2/h9-11H,4-8H2,1-3H3.